The van der Waals surface area contributed by atoms with Gasteiger partial charge in [-0.1, -0.05) is 51.8 Å². The lowest BCUT2D eigenvalue weighted by atomic mass is 9.98. The predicted octanol–water partition coefficient (Wildman–Crippen LogP) is 3.72. The minimum absolute atomic E-state index is 0.0327. The van der Waals surface area contributed by atoms with Crippen molar-refractivity contribution in [2.45, 2.75) is 6.04 Å². The number of benzene rings is 2. The van der Waals surface area contributed by atoms with E-state index in [2.05, 4.69) is 26.5 Å². The van der Waals surface area contributed by atoms with Crippen LogP contribution in [0.1, 0.15) is 17.2 Å². The van der Waals surface area contributed by atoms with E-state index in [1.165, 1.54) is 0 Å². The van der Waals surface area contributed by atoms with Crippen molar-refractivity contribution in [2.24, 2.45) is 5.10 Å². The molecule has 2 aromatic carbocycles. The van der Waals surface area contributed by atoms with Crippen molar-refractivity contribution in [3.63, 3.8) is 0 Å². The number of hydrogen-bond donors (Lipinski definition) is 1. The van der Waals surface area contributed by atoms with Gasteiger partial charge in [0.15, 0.2) is 0 Å². The minimum atomic E-state index is -0.439. The Morgan fingerprint density at radius 1 is 1.05 bits per heavy atom. The van der Waals surface area contributed by atoms with E-state index in [0.29, 0.717) is 10.7 Å². The summed E-state index contributed by atoms with van der Waals surface area (Å²) < 4.78 is 0.967. The topological polar surface area (TPSA) is 41.5 Å². The van der Waals surface area contributed by atoms with E-state index in [4.69, 9.17) is 11.6 Å². The summed E-state index contributed by atoms with van der Waals surface area (Å²) in [5, 5.41) is 4.81. The largest absolute Gasteiger partial charge is 0.294 e. The van der Waals surface area contributed by atoms with Crippen LogP contribution < -0.4 is 5.43 Å². The van der Waals surface area contributed by atoms with Crippen LogP contribution in [0.2, 0.25) is 5.02 Å². The van der Waals surface area contributed by atoms with Crippen LogP contribution in [0.4, 0.5) is 0 Å². The lowest BCUT2D eigenvalue weighted by Gasteiger charge is -2.08. The van der Waals surface area contributed by atoms with Gasteiger partial charge in [0.1, 0.15) is 11.8 Å². The Morgan fingerprint density at radius 2 is 1.70 bits per heavy atom. The van der Waals surface area contributed by atoms with Gasteiger partial charge >= 0.3 is 0 Å². The van der Waals surface area contributed by atoms with Gasteiger partial charge in [-0.2, -0.15) is 5.10 Å². The Hall–Kier alpha value is -1.65. The highest BCUT2D eigenvalue weighted by Crippen LogP contribution is 2.23. The summed E-state index contributed by atoms with van der Waals surface area (Å²) in [4.78, 5) is 12.4. The van der Waals surface area contributed by atoms with E-state index in [-0.39, 0.29) is 5.78 Å². The fourth-order valence-corrected chi connectivity index (χ4v) is 2.47. The zero-order valence-electron chi connectivity index (χ0n) is 10.3. The zero-order valence-corrected chi connectivity index (χ0v) is 12.6. The molecule has 1 atom stereocenters. The summed E-state index contributed by atoms with van der Waals surface area (Å²) >= 11 is 9.23. The molecule has 0 bridgehead atoms. The Kier molecular flexibility index (Phi) is 3.59. The summed E-state index contributed by atoms with van der Waals surface area (Å²) in [5.41, 5.74) is 5.01. The molecular weight excluding hydrogens is 340 g/mol. The van der Waals surface area contributed by atoms with Crippen LogP contribution in [0.3, 0.4) is 0 Å². The zero-order chi connectivity index (χ0) is 14.1. The second-order valence-electron chi connectivity index (χ2n) is 4.45. The van der Waals surface area contributed by atoms with Crippen LogP contribution in [0.25, 0.3) is 0 Å². The highest BCUT2D eigenvalue weighted by molar-refractivity contribution is 9.10. The van der Waals surface area contributed by atoms with Gasteiger partial charge in [-0.3, -0.25) is 10.2 Å². The summed E-state index contributed by atoms with van der Waals surface area (Å²) in [6.45, 7) is 0. The Morgan fingerprint density at radius 3 is 2.35 bits per heavy atom. The molecule has 0 aliphatic carbocycles. The van der Waals surface area contributed by atoms with Crippen LogP contribution >= 0.6 is 27.5 Å². The fraction of sp³-hybridized carbons (Fsp3) is 0.0667. The molecule has 0 aromatic heterocycles. The molecule has 2 aromatic rings. The standard InChI is InChI=1S/C15H10BrClN2O/c16-11-5-1-9(2-6-11)13-15(20)14(19-18-13)10-3-7-12(17)8-4-10/h1-8,14,19H. The van der Waals surface area contributed by atoms with Gasteiger partial charge in [0.05, 0.1) is 0 Å². The van der Waals surface area contributed by atoms with Crippen molar-refractivity contribution in [3.8, 4) is 0 Å². The molecule has 1 unspecified atom stereocenters. The Labute approximate surface area is 129 Å². The van der Waals surface area contributed by atoms with E-state index in [9.17, 15) is 4.79 Å². The molecule has 1 heterocycles. The Bertz CT molecular complexity index is 680. The molecule has 3 nitrogen and oxygen atoms in total. The number of hydrogen-bond acceptors (Lipinski definition) is 3. The predicted molar refractivity (Wildman–Crippen MR) is 83.0 cm³/mol. The average Bonchev–Trinajstić information content (AvgIpc) is 2.83. The highest BCUT2D eigenvalue weighted by atomic mass is 79.9. The van der Waals surface area contributed by atoms with Gasteiger partial charge in [-0.05, 0) is 29.8 Å². The molecule has 1 aliphatic rings. The molecule has 0 radical (unpaired) electrons. The average molecular weight is 350 g/mol. The van der Waals surface area contributed by atoms with E-state index in [1.807, 2.05) is 36.4 Å². The van der Waals surface area contributed by atoms with Crippen LogP contribution in [-0.4, -0.2) is 11.5 Å². The molecule has 20 heavy (non-hydrogen) atoms. The monoisotopic (exact) mass is 348 g/mol. The first kappa shape index (κ1) is 13.3. The van der Waals surface area contributed by atoms with Crippen molar-refractivity contribution in [2.75, 3.05) is 0 Å². The maximum Gasteiger partial charge on any atom is 0.211 e. The Balaban J connectivity index is 1.86. The first-order chi connectivity index (χ1) is 9.65. The molecule has 0 saturated heterocycles. The van der Waals surface area contributed by atoms with Crippen LogP contribution in [0, 0.1) is 0 Å². The third-order valence-corrected chi connectivity index (χ3v) is 3.90. The third kappa shape index (κ3) is 2.49. The molecule has 3 rings (SSSR count). The second-order valence-corrected chi connectivity index (χ2v) is 5.80. The number of nitrogens with zero attached hydrogens (tertiary/aromatic N) is 1. The summed E-state index contributed by atoms with van der Waals surface area (Å²) in [6, 6.07) is 14.3. The fourth-order valence-electron chi connectivity index (χ4n) is 2.08. The number of Topliss-reactive ketones (excluding diaryl/α,β-unsaturated/α-hetero) is 1. The van der Waals surface area contributed by atoms with Crippen LogP contribution in [0.15, 0.2) is 58.1 Å². The SMILES string of the molecule is O=C1C(c2ccc(Br)cc2)=NNC1c1ccc(Cl)cc1. The molecule has 0 fully saturated rings. The van der Waals surface area contributed by atoms with E-state index in [1.54, 1.807) is 12.1 Å². The second kappa shape index (κ2) is 5.38. The number of carbonyl (C=O) groups is 1. The molecule has 0 amide bonds. The summed E-state index contributed by atoms with van der Waals surface area (Å²) in [5.74, 6) is -0.0327. The van der Waals surface area contributed by atoms with Crippen molar-refractivity contribution >= 4 is 39.0 Å². The van der Waals surface area contributed by atoms with Gasteiger partial charge < -0.3 is 0 Å². The van der Waals surface area contributed by atoms with Gasteiger partial charge in [-0.25, -0.2) is 0 Å². The van der Waals surface area contributed by atoms with Crippen LogP contribution in [0.5, 0.6) is 0 Å². The first-order valence-corrected chi connectivity index (χ1v) is 7.21. The number of nitrogens with one attached hydrogen (secondary N) is 1. The highest BCUT2D eigenvalue weighted by Gasteiger charge is 2.31. The van der Waals surface area contributed by atoms with Gasteiger partial charge in [0.2, 0.25) is 5.78 Å². The van der Waals surface area contributed by atoms with E-state index in [0.717, 1.165) is 15.6 Å². The van der Waals surface area contributed by atoms with E-state index < -0.39 is 6.04 Å². The minimum Gasteiger partial charge on any atom is -0.294 e. The lowest BCUT2D eigenvalue weighted by Crippen LogP contribution is -2.21. The number of carbonyl (C=O) groups excluding carboxylic acids is 1. The van der Waals surface area contributed by atoms with Crippen molar-refractivity contribution in [3.05, 3.63) is 69.2 Å². The molecule has 1 aliphatic heterocycles. The van der Waals surface area contributed by atoms with Crippen molar-refractivity contribution in [1.82, 2.24) is 5.43 Å². The van der Waals surface area contributed by atoms with Gasteiger partial charge in [0.25, 0.3) is 0 Å². The van der Waals surface area contributed by atoms with Gasteiger partial charge in [-0.15, -0.1) is 0 Å². The maximum atomic E-state index is 12.4. The van der Waals surface area contributed by atoms with Crippen molar-refractivity contribution < 1.29 is 4.79 Å². The van der Waals surface area contributed by atoms with Crippen molar-refractivity contribution in [1.29, 1.82) is 0 Å². The molecule has 5 heteroatoms. The van der Waals surface area contributed by atoms with E-state index >= 15 is 0 Å². The number of ketones is 1. The van der Waals surface area contributed by atoms with Gasteiger partial charge in [0, 0.05) is 15.1 Å². The smallest absolute Gasteiger partial charge is 0.211 e. The summed E-state index contributed by atoms with van der Waals surface area (Å²) in [7, 11) is 0. The first-order valence-electron chi connectivity index (χ1n) is 6.04. The molecule has 0 spiro atoms. The number of rotatable bonds is 2. The lowest BCUT2D eigenvalue weighted by molar-refractivity contribution is -0.114. The molecular formula is C15H10BrClN2O. The molecule has 100 valence electrons. The maximum absolute atomic E-state index is 12.4. The quantitative estimate of drug-likeness (QED) is 0.898. The molecule has 1 N–H and O–H groups in total. The number of halogens is 2. The number of hydrazone groups is 1. The molecule has 0 saturated carbocycles. The normalized spacial score (nSPS) is 17.8. The van der Waals surface area contributed by atoms with Crippen LogP contribution in [-0.2, 0) is 4.79 Å². The summed E-state index contributed by atoms with van der Waals surface area (Å²) in [6.07, 6.45) is 0. The third-order valence-electron chi connectivity index (χ3n) is 3.12.